The number of allylic oxidation sites excluding steroid dienone is 2. The van der Waals surface area contributed by atoms with Crippen molar-refractivity contribution in [3.05, 3.63) is 87.2 Å². The second kappa shape index (κ2) is 10.6. The molecule has 0 radical (unpaired) electrons. The van der Waals surface area contributed by atoms with Crippen molar-refractivity contribution in [1.82, 2.24) is 9.78 Å². The van der Waals surface area contributed by atoms with Crippen molar-refractivity contribution >= 4 is 40.7 Å². The average molecular weight is 536 g/mol. The van der Waals surface area contributed by atoms with E-state index in [-0.39, 0.29) is 18.4 Å². The van der Waals surface area contributed by atoms with Gasteiger partial charge in [0.15, 0.2) is 5.78 Å². The predicted octanol–water partition coefficient (Wildman–Crippen LogP) is 6.65. The Balaban J connectivity index is 1.69. The summed E-state index contributed by atoms with van der Waals surface area (Å²) >= 11 is 12.6. The number of rotatable bonds is 6. The molecule has 3 aromatic rings. The van der Waals surface area contributed by atoms with Crippen molar-refractivity contribution in [2.75, 3.05) is 6.61 Å². The van der Waals surface area contributed by atoms with Crippen LogP contribution in [0.5, 0.6) is 0 Å². The lowest BCUT2D eigenvalue weighted by Crippen LogP contribution is -2.37. The number of aromatic nitrogens is 2. The molecule has 37 heavy (non-hydrogen) atoms. The number of halogens is 2. The minimum Gasteiger partial charge on any atom is -0.465 e. The minimum atomic E-state index is -0.708. The van der Waals surface area contributed by atoms with Crippen molar-refractivity contribution < 1.29 is 14.3 Å². The minimum absolute atomic E-state index is 0.0318. The Bertz CT molecular complexity index is 1430. The zero-order valence-electron chi connectivity index (χ0n) is 20.7. The van der Waals surface area contributed by atoms with Crippen LogP contribution in [-0.2, 0) is 20.9 Å². The lowest BCUT2D eigenvalue weighted by Gasteiger charge is -2.34. The molecule has 1 aliphatic heterocycles. The first kappa shape index (κ1) is 25.4. The smallest absolute Gasteiger partial charge is 0.315 e. The number of carbonyl (C=O) groups excluding carboxylic acids is 2. The third-order valence-corrected chi connectivity index (χ3v) is 7.48. The van der Waals surface area contributed by atoms with Crippen LogP contribution >= 0.6 is 23.2 Å². The second-order valence-corrected chi connectivity index (χ2v) is 10.2. The highest BCUT2D eigenvalue weighted by Gasteiger charge is 2.44. The molecule has 2 atom stereocenters. The van der Waals surface area contributed by atoms with Crippen LogP contribution in [0.4, 0.5) is 0 Å². The fourth-order valence-electron chi connectivity index (χ4n) is 5.27. The van der Waals surface area contributed by atoms with E-state index in [0.717, 1.165) is 28.8 Å². The summed E-state index contributed by atoms with van der Waals surface area (Å²) < 4.78 is 7.29. The van der Waals surface area contributed by atoms with Crippen LogP contribution in [-0.4, -0.2) is 33.9 Å². The van der Waals surface area contributed by atoms with Gasteiger partial charge in [-0.1, -0.05) is 59.6 Å². The van der Waals surface area contributed by atoms with Gasteiger partial charge in [0, 0.05) is 56.7 Å². The van der Waals surface area contributed by atoms with E-state index >= 15 is 0 Å². The number of nitrogens with zero attached hydrogens (tertiary/aromatic N) is 3. The van der Waals surface area contributed by atoms with Gasteiger partial charge >= 0.3 is 5.97 Å². The summed E-state index contributed by atoms with van der Waals surface area (Å²) in [5, 5.41) is 6.05. The number of ether oxygens (including phenoxy) is 1. The first-order valence-corrected chi connectivity index (χ1v) is 13.2. The van der Waals surface area contributed by atoms with Crippen LogP contribution in [0, 0.1) is 5.92 Å². The number of esters is 1. The van der Waals surface area contributed by atoms with Crippen LogP contribution in [0.3, 0.4) is 0 Å². The van der Waals surface area contributed by atoms with Gasteiger partial charge in [-0.05, 0) is 44.4 Å². The van der Waals surface area contributed by atoms with E-state index in [9.17, 15) is 9.59 Å². The molecule has 0 fully saturated rings. The molecule has 0 amide bonds. The van der Waals surface area contributed by atoms with E-state index in [1.807, 2.05) is 54.2 Å². The van der Waals surface area contributed by atoms with Gasteiger partial charge < -0.3 is 4.74 Å². The standard InChI is InChI=1S/C29H27Cl2N3O3/c1-3-37-29(36)25-17(2)32-23-10-7-11-24(35)27(23)26(25)21-16-34(15-19-12-13-20(30)14-22(19)31)33-28(21)18-8-5-4-6-9-18/h4-6,8-9,12-14,16,25-26H,3,7,10-11,15H2,1-2H3. The molecule has 2 aromatic carbocycles. The second-order valence-electron chi connectivity index (χ2n) is 9.33. The molecule has 2 unspecified atom stereocenters. The first-order valence-electron chi connectivity index (χ1n) is 12.4. The Hall–Kier alpha value is -3.22. The van der Waals surface area contributed by atoms with E-state index in [4.69, 9.17) is 38.0 Å². The third kappa shape index (κ3) is 5.00. The SMILES string of the molecule is CCOC(=O)C1C(C)=NC2=C(C(=O)CCC2)C1c1cn(Cc2ccc(Cl)cc2Cl)nc1-c1ccccc1. The first-order chi connectivity index (χ1) is 17.9. The summed E-state index contributed by atoms with van der Waals surface area (Å²) in [5.41, 5.74) is 5.30. The maximum atomic E-state index is 13.3. The Morgan fingerprint density at radius 3 is 2.65 bits per heavy atom. The van der Waals surface area contributed by atoms with E-state index in [2.05, 4.69) is 0 Å². The summed E-state index contributed by atoms with van der Waals surface area (Å²) in [4.78, 5) is 31.4. The number of Topliss-reactive ketones (excluding diaryl/α,β-unsaturated/α-hetero) is 1. The van der Waals surface area contributed by atoms with Gasteiger partial charge in [-0.2, -0.15) is 5.10 Å². The number of hydrogen-bond acceptors (Lipinski definition) is 5. The molecule has 0 bridgehead atoms. The van der Waals surface area contributed by atoms with E-state index in [1.54, 1.807) is 19.1 Å². The molecular formula is C29H27Cl2N3O3. The molecular weight excluding hydrogens is 509 g/mol. The monoisotopic (exact) mass is 535 g/mol. The largest absolute Gasteiger partial charge is 0.465 e. The van der Waals surface area contributed by atoms with Crippen molar-refractivity contribution in [2.24, 2.45) is 10.9 Å². The van der Waals surface area contributed by atoms with Gasteiger partial charge in [-0.3, -0.25) is 19.3 Å². The van der Waals surface area contributed by atoms with Crippen molar-refractivity contribution in [3.63, 3.8) is 0 Å². The zero-order valence-corrected chi connectivity index (χ0v) is 22.2. The molecule has 190 valence electrons. The zero-order chi connectivity index (χ0) is 26.1. The molecule has 0 saturated heterocycles. The average Bonchev–Trinajstić information content (AvgIpc) is 3.29. The van der Waals surface area contributed by atoms with Crippen molar-refractivity contribution in [3.8, 4) is 11.3 Å². The summed E-state index contributed by atoms with van der Waals surface area (Å²) in [7, 11) is 0. The summed E-state index contributed by atoms with van der Waals surface area (Å²) in [6.45, 7) is 4.27. The quantitative estimate of drug-likeness (QED) is 0.331. The molecule has 8 heteroatoms. The Morgan fingerprint density at radius 2 is 1.92 bits per heavy atom. The van der Waals surface area contributed by atoms with Gasteiger partial charge in [0.2, 0.25) is 0 Å². The van der Waals surface area contributed by atoms with Gasteiger partial charge in [-0.15, -0.1) is 0 Å². The predicted molar refractivity (Wildman–Crippen MR) is 145 cm³/mol. The molecule has 2 heterocycles. The van der Waals surface area contributed by atoms with Crippen LogP contribution in [0.15, 0.2) is 71.0 Å². The molecule has 5 rings (SSSR count). The normalized spacial score (nSPS) is 19.5. The van der Waals surface area contributed by atoms with Crippen LogP contribution in [0.2, 0.25) is 10.0 Å². The van der Waals surface area contributed by atoms with Gasteiger partial charge in [0.25, 0.3) is 0 Å². The summed E-state index contributed by atoms with van der Waals surface area (Å²) in [5.74, 6) is -1.60. The number of ketones is 1. The number of aliphatic imine (C=N–C) groups is 1. The number of carbonyl (C=O) groups is 2. The highest BCUT2D eigenvalue weighted by molar-refractivity contribution is 6.35. The molecule has 6 nitrogen and oxygen atoms in total. The molecule has 1 aliphatic carbocycles. The Morgan fingerprint density at radius 1 is 1.14 bits per heavy atom. The maximum absolute atomic E-state index is 13.3. The number of hydrogen-bond donors (Lipinski definition) is 0. The fraction of sp³-hybridized carbons (Fsp3) is 0.310. The molecule has 1 aromatic heterocycles. The fourth-order valence-corrected chi connectivity index (χ4v) is 5.74. The Kier molecular flexibility index (Phi) is 7.31. The molecule has 0 N–H and O–H groups in total. The Labute approximate surface area is 225 Å². The van der Waals surface area contributed by atoms with Crippen molar-refractivity contribution in [2.45, 2.75) is 45.6 Å². The van der Waals surface area contributed by atoms with Crippen LogP contribution in [0.25, 0.3) is 11.3 Å². The van der Waals surface area contributed by atoms with Crippen LogP contribution in [0.1, 0.15) is 50.2 Å². The third-order valence-electron chi connectivity index (χ3n) is 6.89. The lowest BCUT2D eigenvalue weighted by atomic mass is 9.71. The van der Waals surface area contributed by atoms with Crippen LogP contribution < -0.4 is 0 Å². The molecule has 2 aliphatic rings. The van der Waals surface area contributed by atoms with Crippen molar-refractivity contribution in [1.29, 1.82) is 0 Å². The number of benzene rings is 2. The summed E-state index contributed by atoms with van der Waals surface area (Å²) in [6.07, 6.45) is 3.83. The van der Waals surface area contributed by atoms with E-state index in [0.29, 0.717) is 46.4 Å². The van der Waals surface area contributed by atoms with Gasteiger partial charge in [0.1, 0.15) is 5.92 Å². The maximum Gasteiger partial charge on any atom is 0.315 e. The topological polar surface area (TPSA) is 73.5 Å². The van der Waals surface area contributed by atoms with Gasteiger partial charge in [0.05, 0.1) is 18.8 Å². The molecule has 0 spiro atoms. The van der Waals surface area contributed by atoms with Gasteiger partial charge in [-0.25, -0.2) is 0 Å². The molecule has 0 saturated carbocycles. The highest BCUT2D eigenvalue weighted by Crippen LogP contribution is 2.46. The highest BCUT2D eigenvalue weighted by atomic mass is 35.5. The lowest BCUT2D eigenvalue weighted by molar-refractivity contribution is -0.146. The summed E-state index contributed by atoms with van der Waals surface area (Å²) in [6, 6.07) is 15.2. The van der Waals surface area contributed by atoms with E-state index in [1.165, 1.54) is 0 Å². The van der Waals surface area contributed by atoms with E-state index < -0.39 is 11.8 Å².